The van der Waals surface area contributed by atoms with Crippen LogP contribution in [0.25, 0.3) is 0 Å². The topological polar surface area (TPSA) is 49.4 Å². The number of halogens is 2. The van der Waals surface area contributed by atoms with Crippen LogP contribution in [0.5, 0.6) is 0 Å². The van der Waals surface area contributed by atoms with Crippen LogP contribution in [0, 0.1) is 12.8 Å². The quantitative estimate of drug-likeness (QED) is 0.632. The fourth-order valence-electron chi connectivity index (χ4n) is 2.97. The van der Waals surface area contributed by atoms with Crippen LogP contribution in [0.3, 0.4) is 0 Å². The van der Waals surface area contributed by atoms with E-state index in [-0.39, 0.29) is 24.8 Å². The lowest BCUT2D eigenvalue weighted by Crippen LogP contribution is -2.48. The smallest absolute Gasteiger partial charge is 0.242 e. The van der Waals surface area contributed by atoms with Crippen molar-refractivity contribution in [1.82, 2.24) is 10.2 Å². The Bertz CT molecular complexity index is 868. The molecule has 0 aliphatic carbocycles. The maximum absolute atomic E-state index is 13.2. The third-order valence-corrected chi connectivity index (χ3v) is 5.37. The van der Waals surface area contributed by atoms with Gasteiger partial charge in [0.1, 0.15) is 6.04 Å². The Hall–Kier alpha value is -2.04. The molecule has 0 heterocycles. The fraction of sp³-hybridized carbons (Fsp3) is 0.391. The van der Waals surface area contributed by atoms with Gasteiger partial charge in [0.25, 0.3) is 0 Å². The number of benzene rings is 2. The van der Waals surface area contributed by atoms with E-state index in [0.29, 0.717) is 22.5 Å². The molecule has 0 saturated carbocycles. The highest BCUT2D eigenvalue weighted by Gasteiger charge is 2.26. The molecule has 0 spiro atoms. The van der Waals surface area contributed by atoms with Crippen molar-refractivity contribution in [3.8, 4) is 0 Å². The second kappa shape index (κ2) is 10.7. The largest absolute Gasteiger partial charge is 0.354 e. The zero-order valence-corrected chi connectivity index (χ0v) is 18.8. The standard InChI is InChI=1S/C23H28Cl2N2O2/c1-15(2)13-26-23(29)17(4)27(14-19-8-9-20(24)21(25)11-19)22(28)12-18-7-5-6-16(3)10-18/h5-11,15,17H,12-14H2,1-4H3,(H,26,29)/t17-/m1/s1. The Morgan fingerprint density at radius 1 is 1.00 bits per heavy atom. The van der Waals surface area contributed by atoms with Crippen molar-refractivity contribution in [3.63, 3.8) is 0 Å². The molecule has 0 fully saturated rings. The predicted molar refractivity (Wildman–Crippen MR) is 119 cm³/mol. The third-order valence-electron chi connectivity index (χ3n) is 4.63. The van der Waals surface area contributed by atoms with Gasteiger partial charge in [-0.1, -0.05) is 72.9 Å². The highest BCUT2D eigenvalue weighted by atomic mass is 35.5. The van der Waals surface area contributed by atoms with Crippen molar-refractivity contribution in [1.29, 1.82) is 0 Å². The minimum absolute atomic E-state index is 0.117. The van der Waals surface area contributed by atoms with Gasteiger partial charge in [-0.15, -0.1) is 0 Å². The molecule has 4 nitrogen and oxygen atoms in total. The molecule has 2 rings (SSSR count). The highest BCUT2D eigenvalue weighted by molar-refractivity contribution is 6.42. The van der Waals surface area contributed by atoms with Gasteiger partial charge in [-0.05, 0) is 43.0 Å². The summed E-state index contributed by atoms with van der Waals surface area (Å²) in [5, 5.41) is 3.79. The molecule has 29 heavy (non-hydrogen) atoms. The molecule has 156 valence electrons. The summed E-state index contributed by atoms with van der Waals surface area (Å²) in [4.78, 5) is 27.4. The zero-order valence-electron chi connectivity index (χ0n) is 17.3. The van der Waals surface area contributed by atoms with Gasteiger partial charge in [0, 0.05) is 13.1 Å². The Morgan fingerprint density at radius 3 is 2.34 bits per heavy atom. The molecule has 0 aliphatic rings. The first kappa shape index (κ1) is 23.2. The van der Waals surface area contributed by atoms with Gasteiger partial charge in [-0.25, -0.2) is 0 Å². The summed E-state index contributed by atoms with van der Waals surface area (Å²) in [6.45, 7) is 8.64. The number of carbonyl (C=O) groups excluding carboxylic acids is 2. The van der Waals surface area contributed by atoms with Crippen molar-refractivity contribution in [2.75, 3.05) is 6.54 Å². The zero-order chi connectivity index (χ0) is 21.6. The van der Waals surface area contributed by atoms with Crippen molar-refractivity contribution in [2.45, 2.75) is 46.7 Å². The van der Waals surface area contributed by atoms with Gasteiger partial charge < -0.3 is 10.2 Å². The van der Waals surface area contributed by atoms with Crippen molar-refractivity contribution in [2.24, 2.45) is 5.92 Å². The average Bonchev–Trinajstić information content (AvgIpc) is 2.66. The van der Waals surface area contributed by atoms with Crippen LogP contribution >= 0.6 is 23.2 Å². The Kier molecular flexibility index (Phi) is 8.54. The summed E-state index contributed by atoms with van der Waals surface area (Å²) < 4.78 is 0. The van der Waals surface area contributed by atoms with E-state index >= 15 is 0 Å². The molecule has 2 amide bonds. The van der Waals surface area contributed by atoms with Gasteiger partial charge in [0.15, 0.2) is 0 Å². The number of hydrogen-bond donors (Lipinski definition) is 1. The molecular weight excluding hydrogens is 407 g/mol. The van der Waals surface area contributed by atoms with E-state index in [9.17, 15) is 9.59 Å². The summed E-state index contributed by atoms with van der Waals surface area (Å²) >= 11 is 12.1. The maximum atomic E-state index is 13.2. The first-order valence-corrected chi connectivity index (χ1v) is 10.5. The van der Waals surface area contributed by atoms with E-state index in [4.69, 9.17) is 23.2 Å². The molecular formula is C23H28Cl2N2O2. The lowest BCUT2D eigenvalue weighted by atomic mass is 10.1. The third kappa shape index (κ3) is 7.06. The molecule has 0 saturated heterocycles. The van der Waals surface area contributed by atoms with Crippen LogP contribution in [0.4, 0.5) is 0 Å². The van der Waals surface area contributed by atoms with Crippen molar-refractivity contribution >= 4 is 35.0 Å². The van der Waals surface area contributed by atoms with E-state index in [1.54, 1.807) is 24.0 Å². The molecule has 0 radical (unpaired) electrons. The van der Waals surface area contributed by atoms with E-state index in [1.165, 1.54) is 0 Å². The molecule has 1 N–H and O–H groups in total. The van der Waals surface area contributed by atoms with Gasteiger partial charge in [0.2, 0.25) is 11.8 Å². The lowest BCUT2D eigenvalue weighted by molar-refractivity contribution is -0.140. The number of rotatable bonds is 8. The van der Waals surface area contributed by atoms with Gasteiger partial charge in [0.05, 0.1) is 16.5 Å². The van der Waals surface area contributed by atoms with Crippen LogP contribution in [0.15, 0.2) is 42.5 Å². The number of amides is 2. The number of carbonyl (C=O) groups is 2. The first-order chi connectivity index (χ1) is 13.7. The van der Waals surface area contributed by atoms with Crippen molar-refractivity contribution in [3.05, 3.63) is 69.2 Å². The Balaban J connectivity index is 2.24. The van der Waals surface area contributed by atoms with Crippen LogP contribution in [0.1, 0.15) is 37.5 Å². The molecule has 0 aliphatic heterocycles. The Labute approximate surface area is 183 Å². The predicted octanol–water partition coefficient (Wildman–Crippen LogP) is 5.03. The normalized spacial score (nSPS) is 12.0. The molecule has 1 atom stereocenters. The van der Waals surface area contributed by atoms with Crippen LogP contribution in [0.2, 0.25) is 10.0 Å². The SMILES string of the molecule is Cc1cccc(CC(=O)N(Cc2ccc(Cl)c(Cl)c2)[C@H](C)C(=O)NCC(C)C)c1. The van der Waals surface area contributed by atoms with Gasteiger partial charge in [-0.2, -0.15) is 0 Å². The monoisotopic (exact) mass is 434 g/mol. The minimum atomic E-state index is -0.611. The highest BCUT2D eigenvalue weighted by Crippen LogP contribution is 2.24. The molecule has 0 bridgehead atoms. The second-order valence-electron chi connectivity index (χ2n) is 7.75. The summed E-state index contributed by atoms with van der Waals surface area (Å²) in [5.41, 5.74) is 2.83. The van der Waals surface area contributed by atoms with E-state index in [1.807, 2.05) is 51.1 Å². The molecule has 0 unspecified atom stereocenters. The lowest BCUT2D eigenvalue weighted by Gasteiger charge is -2.29. The molecule has 6 heteroatoms. The van der Waals surface area contributed by atoms with E-state index in [2.05, 4.69) is 5.32 Å². The fourth-order valence-corrected chi connectivity index (χ4v) is 3.29. The second-order valence-corrected chi connectivity index (χ2v) is 8.57. The summed E-state index contributed by atoms with van der Waals surface area (Å²) in [6, 6.07) is 12.5. The van der Waals surface area contributed by atoms with E-state index < -0.39 is 6.04 Å². The first-order valence-electron chi connectivity index (χ1n) is 9.74. The van der Waals surface area contributed by atoms with Crippen LogP contribution in [-0.2, 0) is 22.6 Å². The molecule has 2 aromatic carbocycles. The van der Waals surface area contributed by atoms with Crippen LogP contribution in [-0.4, -0.2) is 29.3 Å². The summed E-state index contributed by atoms with van der Waals surface area (Å²) in [7, 11) is 0. The molecule has 2 aromatic rings. The van der Waals surface area contributed by atoms with E-state index in [0.717, 1.165) is 16.7 Å². The number of nitrogens with zero attached hydrogens (tertiary/aromatic N) is 1. The number of hydrogen-bond acceptors (Lipinski definition) is 2. The summed E-state index contributed by atoms with van der Waals surface area (Å²) in [5.74, 6) is 0.0443. The molecule has 0 aromatic heterocycles. The minimum Gasteiger partial charge on any atom is -0.354 e. The number of aryl methyl sites for hydroxylation is 1. The number of nitrogens with one attached hydrogen (secondary N) is 1. The van der Waals surface area contributed by atoms with Gasteiger partial charge >= 0.3 is 0 Å². The van der Waals surface area contributed by atoms with Crippen molar-refractivity contribution < 1.29 is 9.59 Å². The van der Waals surface area contributed by atoms with Gasteiger partial charge in [-0.3, -0.25) is 9.59 Å². The maximum Gasteiger partial charge on any atom is 0.242 e. The Morgan fingerprint density at radius 2 is 1.72 bits per heavy atom. The average molecular weight is 435 g/mol. The van der Waals surface area contributed by atoms with Crippen LogP contribution < -0.4 is 5.32 Å². The summed E-state index contributed by atoms with van der Waals surface area (Å²) in [6.07, 6.45) is 0.227.